The quantitative estimate of drug-likeness (QED) is 0.878. The summed E-state index contributed by atoms with van der Waals surface area (Å²) in [4.78, 5) is 13.5. The number of aryl methyl sites for hydroxylation is 1. The second-order valence-electron chi connectivity index (χ2n) is 4.60. The summed E-state index contributed by atoms with van der Waals surface area (Å²) in [6.45, 7) is 6.37. The lowest BCUT2D eigenvalue weighted by Gasteiger charge is -2.30. The van der Waals surface area contributed by atoms with E-state index in [9.17, 15) is 9.90 Å². The van der Waals surface area contributed by atoms with E-state index in [1.165, 1.54) is 4.68 Å². The minimum Gasteiger partial charge on any atom is -0.389 e. The Bertz CT molecular complexity index is 451. The Morgan fingerprint density at radius 2 is 2.18 bits per heavy atom. The van der Waals surface area contributed by atoms with Gasteiger partial charge in [-0.25, -0.2) is 4.68 Å². The van der Waals surface area contributed by atoms with Crippen molar-refractivity contribution in [3.8, 4) is 0 Å². The molecule has 0 aliphatic heterocycles. The molecule has 0 bridgehead atoms. The second kappa shape index (κ2) is 5.06. The zero-order valence-corrected chi connectivity index (χ0v) is 11.3. The number of rotatable bonds is 4. The number of halogens is 1. The van der Waals surface area contributed by atoms with Gasteiger partial charge in [0.1, 0.15) is 5.02 Å². The summed E-state index contributed by atoms with van der Waals surface area (Å²) in [7, 11) is 1.55. The topological polar surface area (TPSA) is 58.4 Å². The summed E-state index contributed by atoms with van der Waals surface area (Å²) in [6, 6.07) is 0. The van der Waals surface area contributed by atoms with Crippen molar-refractivity contribution in [1.82, 2.24) is 9.78 Å². The molecule has 0 radical (unpaired) electrons. The highest BCUT2D eigenvalue weighted by molar-refractivity contribution is 6.33. The van der Waals surface area contributed by atoms with Crippen LogP contribution in [0.3, 0.4) is 0 Å². The molecule has 0 aromatic carbocycles. The molecule has 0 unspecified atom stereocenters. The Labute approximate surface area is 106 Å². The highest BCUT2D eigenvalue weighted by Crippen LogP contribution is 2.22. The van der Waals surface area contributed by atoms with Crippen molar-refractivity contribution < 1.29 is 5.11 Å². The molecule has 1 aromatic heterocycles. The lowest BCUT2D eigenvalue weighted by atomic mass is 10.1. The molecule has 1 rings (SSSR count). The maximum Gasteiger partial charge on any atom is 0.287 e. The average molecular weight is 260 g/mol. The predicted octanol–water partition coefficient (Wildman–Crippen LogP) is 1.03. The fraction of sp³-hybridized carbons (Fsp3) is 0.636. The fourth-order valence-corrected chi connectivity index (χ4v) is 1.85. The van der Waals surface area contributed by atoms with Crippen LogP contribution in [0.4, 0.5) is 5.69 Å². The van der Waals surface area contributed by atoms with Crippen LogP contribution in [-0.4, -0.2) is 33.6 Å². The Kier molecular flexibility index (Phi) is 4.16. The largest absolute Gasteiger partial charge is 0.389 e. The van der Waals surface area contributed by atoms with Crippen LogP contribution >= 0.6 is 11.6 Å². The van der Waals surface area contributed by atoms with Crippen molar-refractivity contribution in [2.24, 2.45) is 7.05 Å². The molecule has 0 spiro atoms. The van der Waals surface area contributed by atoms with Gasteiger partial charge in [0.2, 0.25) is 0 Å². The molecule has 1 heterocycles. The number of hydrogen-bond donors (Lipinski definition) is 1. The van der Waals surface area contributed by atoms with Crippen molar-refractivity contribution >= 4 is 17.3 Å². The van der Waals surface area contributed by atoms with E-state index in [4.69, 9.17) is 11.6 Å². The van der Waals surface area contributed by atoms with E-state index in [-0.39, 0.29) is 10.6 Å². The first kappa shape index (κ1) is 14.0. The van der Waals surface area contributed by atoms with Gasteiger partial charge in [0.25, 0.3) is 5.56 Å². The molecule has 1 N–H and O–H groups in total. The first-order chi connectivity index (χ1) is 7.76. The Balaban J connectivity index is 3.14. The normalized spacial score (nSPS) is 11.6. The van der Waals surface area contributed by atoms with Crippen molar-refractivity contribution in [1.29, 1.82) is 0 Å². The summed E-state index contributed by atoms with van der Waals surface area (Å²) >= 11 is 6.00. The van der Waals surface area contributed by atoms with E-state index >= 15 is 0 Å². The third-order valence-electron chi connectivity index (χ3n) is 2.36. The lowest BCUT2D eigenvalue weighted by Crippen LogP contribution is -2.39. The van der Waals surface area contributed by atoms with E-state index in [0.29, 0.717) is 18.8 Å². The highest BCUT2D eigenvalue weighted by Gasteiger charge is 2.20. The molecule has 0 atom stereocenters. The van der Waals surface area contributed by atoms with Crippen molar-refractivity contribution in [3.63, 3.8) is 0 Å². The molecule has 0 saturated heterocycles. The van der Waals surface area contributed by atoms with Gasteiger partial charge in [0.05, 0.1) is 17.5 Å². The molecule has 5 nitrogen and oxygen atoms in total. The number of anilines is 1. The summed E-state index contributed by atoms with van der Waals surface area (Å²) in [6.07, 6.45) is 1.54. The van der Waals surface area contributed by atoms with Gasteiger partial charge in [0.15, 0.2) is 0 Å². The van der Waals surface area contributed by atoms with Crippen LogP contribution in [0.1, 0.15) is 20.8 Å². The lowest BCUT2D eigenvalue weighted by molar-refractivity contribution is 0.0875. The van der Waals surface area contributed by atoms with E-state index in [2.05, 4.69) is 5.10 Å². The molecule has 6 heteroatoms. The number of nitrogens with zero attached hydrogens (tertiary/aromatic N) is 3. The maximum atomic E-state index is 11.7. The van der Waals surface area contributed by atoms with Gasteiger partial charge in [-0.2, -0.15) is 5.10 Å². The number of hydrogen-bond acceptors (Lipinski definition) is 4. The average Bonchev–Trinajstić information content (AvgIpc) is 2.22. The van der Waals surface area contributed by atoms with Crippen molar-refractivity contribution in [3.05, 3.63) is 21.6 Å². The summed E-state index contributed by atoms with van der Waals surface area (Å²) in [5, 5.41) is 13.9. The smallest absolute Gasteiger partial charge is 0.287 e. The minimum absolute atomic E-state index is 0.133. The van der Waals surface area contributed by atoms with Crippen LogP contribution in [0.15, 0.2) is 11.0 Å². The number of aromatic nitrogens is 2. The SMILES string of the molecule is CCN(CC(C)(C)O)c1cnn(C)c(=O)c1Cl. The van der Waals surface area contributed by atoms with Gasteiger partial charge in [-0.15, -0.1) is 0 Å². The molecular weight excluding hydrogens is 242 g/mol. The van der Waals surface area contributed by atoms with Crippen LogP contribution in [0, 0.1) is 0 Å². The predicted molar refractivity (Wildman–Crippen MR) is 68.7 cm³/mol. The van der Waals surface area contributed by atoms with Crippen molar-refractivity contribution in [2.75, 3.05) is 18.0 Å². The molecule has 0 amide bonds. The molecular formula is C11H18ClN3O2. The van der Waals surface area contributed by atoms with Gasteiger partial charge in [-0.3, -0.25) is 4.79 Å². The zero-order valence-electron chi connectivity index (χ0n) is 10.6. The van der Waals surface area contributed by atoms with Gasteiger partial charge < -0.3 is 10.0 Å². The summed E-state index contributed by atoms with van der Waals surface area (Å²) < 4.78 is 1.18. The third-order valence-corrected chi connectivity index (χ3v) is 2.72. The fourth-order valence-electron chi connectivity index (χ4n) is 1.56. The highest BCUT2D eigenvalue weighted by atomic mass is 35.5. The van der Waals surface area contributed by atoms with Gasteiger partial charge in [-0.05, 0) is 20.8 Å². The standard InChI is InChI=1S/C11H18ClN3O2/c1-5-15(7-11(2,3)17)8-6-13-14(4)10(16)9(8)12/h6,17H,5,7H2,1-4H3. The summed E-state index contributed by atoms with van der Waals surface area (Å²) in [5.41, 5.74) is -0.641. The Morgan fingerprint density at radius 3 is 2.65 bits per heavy atom. The molecule has 17 heavy (non-hydrogen) atoms. The second-order valence-corrected chi connectivity index (χ2v) is 4.98. The molecule has 0 saturated carbocycles. The third kappa shape index (κ3) is 3.44. The van der Waals surface area contributed by atoms with Gasteiger partial charge in [-0.1, -0.05) is 11.6 Å². The molecule has 1 aromatic rings. The molecule has 96 valence electrons. The molecule has 0 fully saturated rings. The first-order valence-electron chi connectivity index (χ1n) is 5.45. The monoisotopic (exact) mass is 259 g/mol. The first-order valence-corrected chi connectivity index (χ1v) is 5.83. The number of likely N-dealkylation sites (N-methyl/N-ethyl adjacent to an activating group) is 1. The van der Waals surface area contributed by atoms with Gasteiger partial charge >= 0.3 is 0 Å². The van der Waals surface area contributed by atoms with Crippen LogP contribution in [-0.2, 0) is 7.05 Å². The minimum atomic E-state index is -0.861. The van der Waals surface area contributed by atoms with Crippen LogP contribution in [0.5, 0.6) is 0 Å². The molecule has 0 aliphatic rings. The Morgan fingerprint density at radius 1 is 1.59 bits per heavy atom. The van der Waals surface area contributed by atoms with Crippen LogP contribution in [0.2, 0.25) is 5.02 Å². The zero-order chi connectivity index (χ0) is 13.2. The van der Waals surface area contributed by atoms with Crippen LogP contribution < -0.4 is 10.5 Å². The van der Waals surface area contributed by atoms with E-state index in [1.807, 2.05) is 11.8 Å². The van der Waals surface area contributed by atoms with Gasteiger partial charge in [0, 0.05) is 20.1 Å². The molecule has 0 aliphatic carbocycles. The van der Waals surface area contributed by atoms with E-state index < -0.39 is 5.60 Å². The van der Waals surface area contributed by atoms with E-state index in [0.717, 1.165) is 0 Å². The Hall–Kier alpha value is -1.07. The summed E-state index contributed by atoms with van der Waals surface area (Å²) in [5.74, 6) is 0. The van der Waals surface area contributed by atoms with Crippen LogP contribution in [0.25, 0.3) is 0 Å². The maximum absolute atomic E-state index is 11.7. The van der Waals surface area contributed by atoms with Crippen molar-refractivity contribution in [2.45, 2.75) is 26.4 Å². The van der Waals surface area contributed by atoms with E-state index in [1.54, 1.807) is 27.1 Å². The number of aliphatic hydroxyl groups is 1.